The molecule has 2 aromatic rings. The van der Waals surface area contributed by atoms with E-state index in [9.17, 15) is 44.4 Å². The number of allylic oxidation sites excluding steroid dienone is 1. The summed E-state index contributed by atoms with van der Waals surface area (Å²) in [6.07, 6.45) is 11.4. The maximum atomic E-state index is 13.3. The molecule has 0 aliphatic rings. The van der Waals surface area contributed by atoms with Crippen LogP contribution in [0.2, 0.25) is 0 Å². The Labute approximate surface area is 276 Å². The molecule has 0 bridgehead atoms. The molecule has 0 spiro atoms. The number of ketones is 1. The Morgan fingerprint density at radius 2 is 1.34 bits per heavy atom. The molecule has 47 heavy (non-hydrogen) atoms. The Hall–Kier alpha value is -4.31. The van der Waals surface area contributed by atoms with Crippen molar-refractivity contribution in [2.75, 3.05) is 0 Å². The number of nitrogens with one attached hydrogen (secondary N) is 1. The van der Waals surface area contributed by atoms with E-state index in [1.54, 1.807) is 12.1 Å². The van der Waals surface area contributed by atoms with Crippen molar-refractivity contribution in [2.45, 2.75) is 108 Å². The van der Waals surface area contributed by atoms with Gasteiger partial charge in [0.2, 0.25) is 5.91 Å². The number of hydrogen-bond donors (Lipinski definition) is 5. The molecule has 10 nitrogen and oxygen atoms in total. The molecule has 256 valence electrons. The van der Waals surface area contributed by atoms with Crippen LogP contribution in [0.15, 0.2) is 66.7 Å². The highest BCUT2D eigenvalue weighted by molar-refractivity contribution is 5.94. The zero-order chi connectivity index (χ0) is 34.7. The second-order valence-electron chi connectivity index (χ2n) is 12.0. The van der Waals surface area contributed by atoms with Crippen LogP contribution in [0.25, 0.3) is 11.1 Å². The number of rotatable bonds is 24. The number of hydrogen-bond acceptors (Lipinski definition) is 6. The monoisotopic (exact) mass is 651 g/mol. The van der Waals surface area contributed by atoms with Crippen molar-refractivity contribution in [3.63, 3.8) is 0 Å². The Morgan fingerprint density at radius 3 is 1.89 bits per heavy atom. The maximum Gasteiger partial charge on any atom is 0.337 e. The van der Waals surface area contributed by atoms with Crippen LogP contribution in [0, 0.1) is 5.92 Å². The average Bonchev–Trinajstić information content (AvgIpc) is 3.03. The van der Waals surface area contributed by atoms with Gasteiger partial charge >= 0.3 is 17.9 Å². The highest BCUT2D eigenvalue weighted by atomic mass is 16.4. The number of benzene rings is 2. The van der Waals surface area contributed by atoms with Crippen LogP contribution < -0.4 is 5.32 Å². The summed E-state index contributed by atoms with van der Waals surface area (Å²) in [5.41, 5.74) is -0.528. The summed E-state index contributed by atoms with van der Waals surface area (Å²) in [5.74, 6) is -7.64. The largest absolute Gasteiger partial charge is 0.481 e. The average molecular weight is 652 g/mol. The molecule has 0 aliphatic heterocycles. The van der Waals surface area contributed by atoms with Crippen LogP contribution in [-0.4, -0.2) is 61.7 Å². The van der Waals surface area contributed by atoms with Crippen molar-refractivity contribution in [1.29, 1.82) is 0 Å². The number of carbonyl (C=O) groups excluding carboxylic acids is 2. The van der Waals surface area contributed by atoms with E-state index in [1.807, 2.05) is 42.5 Å². The number of unbranched alkanes of at least 4 members (excludes halogenated alkanes) is 8. The summed E-state index contributed by atoms with van der Waals surface area (Å²) in [7, 11) is 0. The van der Waals surface area contributed by atoms with Crippen molar-refractivity contribution >= 4 is 29.6 Å². The molecular weight excluding hydrogens is 602 g/mol. The van der Waals surface area contributed by atoms with Crippen LogP contribution in [0.4, 0.5) is 0 Å². The second-order valence-corrected chi connectivity index (χ2v) is 12.0. The van der Waals surface area contributed by atoms with Gasteiger partial charge < -0.3 is 25.7 Å². The van der Waals surface area contributed by atoms with Gasteiger partial charge in [0.25, 0.3) is 0 Å². The molecule has 2 aromatic carbocycles. The molecule has 0 unspecified atom stereocenters. The normalized spacial score (nSPS) is 13.8. The molecule has 1 amide bonds. The number of aliphatic carboxylic acids is 3. The van der Waals surface area contributed by atoms with Crippen molar-refractivity contribution in [3.8, 4) is 11.1 Å². The molecule has 0 saturated heterocycles. The third kappa shape index (κ3) is 13.9. The molecule has 5 N–H and O–H groups in total. The van der Waals surface area contributed by atoms with Crippen LogP contribution in [0.3, 0.4) is 0 Å². The first kappa shape index (κ1) is 38.9. The van der Waals surface area contributed by atoms with Crippen LogP contribution in [0.1, 0.15) is 96.0 Å². The van der Waals surface area contributed by atoms with E-state index in [-0.39, 0.29) is 12.2 Å². The molecule has 0 fully saturated rings. The second kappa shape index (κ2) is 20.7. The number of carboxylic acids is 3. The number of carbonyl (C=O) groups is 5. The highest BCUT2D eigenvalue weighted by Gasteiger charge is 2.49. The van der Waals surface area contributed by atoms with Crippen LogP contribution in [0.5, 0.6) is 0 Å². The summed E-state index contributed by atoms with van der Waals surface area (Å²) < 4.78 is 0. The van der Waals surface area contributed by atoms with E-state index in [2.05, 4.69) is 12.2 Å². The van der Waals surface area contributed by atoms with Gasteiger partial charge in [0.05, 0.1) is 12.3 Å². The van der Waals surface area contributed by atoms with E-state index in [0.717, 1.165) is 62.1 Å². The first-order chi connectivity index (χ1) is 22.5. The van der Waals surface area contributed by atoms with Gasteiger partial charge in [0, 0.05) is 19.3 Å². The van der Waals surface area contributed by atoms with Crippen LogP contribution >= 0.6 is 0 Å². The van der Waals surface area contributed by atoms with E-state index in [1.165, 1.54) is 12.5 Å². The minimum absolute atomic E-state index is 0.127. The fraction of sp³-hybridized carbons (Fsp3) is 0.486. The van der Waals surface area contributed by atoms with Gasteiger partial charge in [0.1, 0.15) is 11.8 Å². The van der Waals surface area contributed by atoms with Gasteiger partial charge in [-0.1, -0.05) is 112 Å². The quantitative estimate of drug-likeness (QED) is 0.0653. The summed E-state index contributed by atoms with van der Waals surface area (Å²) in [6.45, 7) is 2.15. The van der Waals surface area contributed by atoms with Gasteiger partial charge in [-0.15, -0.1) is 0 Å². The van der Waals surface area contributed by atoms with Gasteiger partial charge in [-0.05, 0) is 42.4 Å². The van der Waals surface area contributed by atoms with Crippen LogP contribution in [-0.2, 0) is 30.4 Å². The lowest BCUT2D eigenvalue weighted by Crippen LogP contribution is -2.55. The first-order valence-corrected chi connectivity index (χ1v) is 16.5. The van der Waals surface area contributed by atoms with Crippen molar-refractivity contribution in [2.24, 2.45) is 5.92 Å². The molecule has 0 heterocycles. The lowest BCUT2D eigenvalue weighted by molar-refractivity contribution is -0.172. The Morgan fingerprint density at radius 1 is 0.766 bits per heavy atom. The minimum atomic E-state index is -3.01. The van der Waals surface area contributed by atoms with Gasteiger partial charge in [-0.25, -0.2) is 9.59 Å². The lowest BCUT2D eigenvalue weighted by Gasteiger charge is -2.29. The topological polar surface area (TPSA) is 178 Å². The van der Waals surface area contributed by atoms with E-state index in [0.29, 0.717) is 31.2 Å². The third-order valence-corrected chi connectivity index (χ3v) is 8.17. The molecule has 0 radical (unpaired) electrons. The predicted molar refractivity (Wildman–Crippen MR) is 179 cm³/mol. The van der Waals surface area contributed by atoms with Crippen molar-refractivity contribution < 1.29 is 44.4 Å². The summed E-state index contributed by atoms with van der Waals surface area (Å²) >= 11 is 0. The minimum Gasteiger partial charge on any atom is -0.481 e. The Balaban J connectivity index is 2.01. The standard InChI is InChI=1S/C37H49NO9/c1-2-3-4-7-13-18-30(39)19-14-8-5-6-9-15-20-31(37(47,36(45)46)26-33(40)41)34(42)38-32(35(43)44)25-27-21-23-29(24-22-27)28-16-11-10-12-17-28/h10-12,15-17,20-24,31-32,47H,2-9,13-14,18-19,25-26H2,1H3,(H,38,42)(H,40,41)(H,43,44)(H,45,46)/b20-15+/t31-,32-,37-/m0/s1. The zero-order valence-electron chi connectivity index (χ0n) is 27.2. The summed E-state index contributed by atoms with van der Waals surface area (Å²) in [5, 5.41) is 42.2. The summed E-state index contributed by atoms with van der Waals surface area (Å²) in [6, 6.07) is 15.2. The highest BCUT2D eigenvalue weighted by Crippen LogP contribution is 2.26. The maximum absolute atomic E-state index is 13.3. The Kier molecular flexibility index (Phi) is 17.2. The Bertz CT molecular complexity index is 1320. The van der Waals surface area contributed by atoms with E-state index < -0.39 is 47.8 Å². The van der Waals surface area contributed by atoms with Gasteiger partial charge in [0.15, 0.2) is 5.60 Å². The first-order valence-electron chi connectivity index (χ1n) is 16.5. The molecule has 10 heteroatoms. The smallest absolute Gasteiger partial charge is 0.337 e. The fourth-order valence-electron chi connectivity index (χ4n) is 5.39. The van der Waals surface area contributed by atoms with Gasteiger partial charge in [-0.3, -0.25) is 14.4 Å². The molecule has 0 aliphatic carbocycles. The molecular formula is C37H49NO9. The van der Waals surface area contributed by atoms with Crippen molar-refractivity contribution in [1.82, 2.24) is 5.32 Å². The van der Waals surface area contributed by atoms with E-state index >= 15 is 0 Å². The summed E-state index contributed by atoms with van der Waals surface area (Å²) in [4.78, 5) is 61.0. The molecule has 0 aromatic heterocycles. The molecule has 0 saturated carbocycles. The number of carboxylic acid groups (broad SMARTS) is 3. The number of amides is 1. The van der Waals surface area contributed by atoms with Gasteiger partial charge in [-0.2, -0.15) is 0 Å². The SMILES string of the molecule is CCCCCCCC(=O)CCCCCC/C=C/[C@@H](C(=O)N[C@@H](Cc1ccc(-c2ccccc2)cc1)C(=O)O)[C@@](O)(CC(=O)O)C(=O)O. The van der Waals surface area contributed by atoms with E-state index in [4.69, 9.17) is 0 Å². The number of aliphatic hydroxyl groups is 1. The van der Waals surface area contributed by atoms with Crippen molar-refractivity contribution in [3.05, 3.63) is 72.3 Å². The predicted octanol–water partition coefficient (Wildman–Crippen LogP) is 6.20. The number of Topliss-reactive ketones (excluding diaryl/α,β-unsaturated/α-hetero) is 1. The third-order valence-electron chi connectivity index (χ3n) is 8.17. The fourth-order valence-corrected chi connectivity index (χ4v) is 5.39. The zero-order valence-corrected chi connectivity index (χ0v) is 27.2. The lowest BCUT2D eigenvalue weighted by atomic mass is 9.82. The molecule has 2 rings (SSSR count). The molecule has 3 atom stereocenters.